The third-order valence-electron chi connectivity index (χ3n) is 4.80. The Labute approximate surface area is 222 Å². The number of anilines is 1. The molecule has 0 aromatic heterocycles. The van der Waals surface area contributed by atoms with Crippen molar-refractivity contribution < 1.29 is 47.7 Å². The van der Waals surface area contributed by atoms with E-state index in [4.69, 9.17) is 29.4 Å². The average molecular weight is 550 g/mol. The van der Waals surface area contributed by atoms with Gasteiger partial charge in [-0.3, -0.25) is 24.0 Å². The van der Waals surface area contributed by atoms with E-state index in [9.17, 15) is 29.2 Å². The molecule has 1 aliphatic rings. The van der Waals surface area contributed by atoms with Crippen LogP contribution >= 0.6 is 11.8 Å². The van der Waals surface area contributed by atoms with E-state index in [1.165, 1.54) is 0 Å². The molecule has 1 aromatic carbocycles. The Bertz CT molecular complexity index is 1130. The summed E-state index contributed by atoms with van der Waals surface area (Å²) in [4.78, 5) is 59.5. The molecule has 0 spiro atoms. The van der Waals surface area contributed by atoms with Gasteiger partial charge in [-0.05, 0) is 12.1 Å². The predicted molar refractivity (Wildman–Crippen MR) is 131 cm³/mol. The minimum atomic E-state index is -1.41. The molecule has 1 heterocycles. The molecule has 5 atom stereocenters. The van der Waals surface area contributed by atoms with Gasteiger partial charge in [-0.15, -0.1) is 0 Å². The Hall–Kier alpha value is -4.09. The second kappa shape index (κ2) is 14.0. The van der Waals surface area contributed by atoms with Gasteiger partial charge in [-0.1, -0.05) is 30.0 Å². The van der Waals surface area contributed by atoms with Gasteiger partial charge >= 0.3 is 23.9 Å². The number of para-hydroxylation sites is 1. The Balaban J connectivity index is 2.61. The van der Waals surface area contributed by atoms with Crippen molar-refractivity contribution in [2.24, 2.45) is 5.73 Å². The highest BCUT2D eigenvalue weighted by Crippen LogP contribution is 2.38. The molecule has 1 aromatic rings. The molecule has 204 valence electrons. The lowest BCUT2D eigenvalue weighted by molar-refractivity contribution is -0.237. The van der Waals surface area contributed by atoms with Crippen molar-refractivity contribution in [1.82, 2.24) is 0 Å². The minimum Gasteiger partial charge on any atom is -0.463 e. The van der Waals surface area contributed by atoms with Crippen LogP contribution in [0.4, 0.5) is 5.69 Å². The first-order chi connectivity index (χ1) is 17.9. The van der Waals surface area contributed by atoms with Crippen molar-refractivity contribution in [1.29, 1.82) is 5.26 Å². The van der Waals surface area contributed by atoms with Crippen molar-refractivity contribution in [3.05, 3.63) is 40.9 Å². The summed E-state index contributed by atoms with van der Waals surface area (Å²) in [6.07, 6.45) is -5.37. The van der Waals surface area contributed by atoms with E-state index in [2.05, 4.69) is 5.32 Å². The quantitative estimate of drug-likeness (QED) is 0.183. The van der Waals surface area contributed by atoms with Crippen LogP contribution in [0.2, 0.25) is 0 Å². The summed E-state index contributed by atoms with van der Waals surface area (Å²) in [6, 6.07) is 10.2. The zero-order chi connectivity index (χ0) is 28.4. The topological polar surface area (TPSA) is 193 Å². The molecule has 0 bridgehead atoms. The zero-order valence-electron chi connectivity index (χ0n) is 21.0. The Morgan fingerprint density at radius 3 is 1.97 bits per heavy atom. The van der Waals surface area contributed by atoms with Crippen LogP contribution in [-0.4, -0.2) is 66.2 Å². The van der Waals surface area contributed by atoms with Crippen molar-refractivity contribution in [2.75, 3.05) is 11.9 Å². The van der Waals surface area contributed by atoms with Crippen LogP contribution in [-0.2, 0) is 47.7 Å². The van der Waals surface area contributed by atoms with Gasteiger partial charge in [0.05, 0.1) is 5.03 Å². The van der Waals surface area contributed by atoms with Crippen LogP contribution in [0.25, 0.3) is 0 Å². The third-order valence-corrected chi connectivity index (χ3v) is 5.95. The van der Waals surface area contributed by atoms with Crippen molar-refractivity contribution >= 4 is 47.2 Å². The summed E-state index contributed by atoms with van der Waals surface area (Å²) in [7, 11) is 0. The summed E-state index contributed by atoms with van der Waals surface area (Å²) in [5.74, 6) is -4.09. The van der Waals surface area contributed by atoms with Gasteiger partial charge in [0.25, 0.3) is 5.91 Å². The van der Waals surface area contributed by atoms with Crippen LogP contribution in [0.5, 0.6) is 0 Å². The number of rotatable bonds is 10. The summed E-state index contributed by atoms with van der Waals surface area (Å²) >= 11 is 0.735. The Morgan fingerprint density at radius 2 is 1.47 bits per heavy atom. The standard InChI is InChI=1S/C24H27N3O10S/c1-12(28)33-11-18-19(34-13(2)29)20(35-14(3)30)21(36-15(4)31)24(37-18)38-23(17(10-25)22(26)32)27-16-8-6-5-7-9-16/h5-9,18-21,24,27H,11H2,1-4H3,(H2,26,32)/b23-17+/t18-,19+,20+,21-,24-/m1/s1. The molecule has 1 saturated heterocycles. The van der Waals surface area contributed by atoms with E-state index >= 15 is 0 Å². The molecular formula is C24H27N3O10S. The maximum absolute atomic E-state index is 12.1. The second-order valence-corrected chi connectivity index (χ2v) is 8.97. The molecular weight excluding hydrogens is 522 g/mol. The number of esters is 4. The first-order valence-corrected chi connectivity index (χ1v) is 12.0. The third kappa shape index (κ3) is 8.79. The number of carbonyl (C=O) groups excluding carboxylic acids is 5. The number of thioether (sulfide) groups is 1. The Kier molecular flexibility index (Phi) is 11.1. The van der Waals surface area contributed by atoms with Crippen LogP contribution in [0.15, 0.2) is 40.9 Å². The molecule has 1 amide bonds. The molecule has 3 N–H and O–H groups in total. The van der Waals surface area contributed by atoms with E-state index in [0.29, 0.717) is 5.69 Å². The second-order valence-electron chi connectivity index (χ2n) is 7.86. The molecule has 1 fully saturated rings. The molecule has 13 nitrogen and oxygen atoms in total. The zero-order valence-corrected chi connectivity index (χ0v) is 21.8. The summed E-state index contributed by atoms with van der Waals surface area (Å²) in [6.45, 7) is 4.02. The highest BCUT2D eigenvalue weighted by Gasteiger charge is 2.52. The van der Waals surface area contributed by atoms with Crippen molar-refractivity contribution in [2.45, 2.75) is 57.5 Å². The highest BCUT2D eigenvalue weighted by molar-refractivity contribution is 8.03. The van der Waals surface area contributed by atoms with Crippen LogP contribution in [0.3, 0.4) is 0 Å². The molecule has 38 heavy (non-hydrogen) atoms. The lowest BCUT2D eigenvalue weighted by Crippen LogP contribution is -2.61. The van der Waals surface area contributed by atoms with Gasteiger partial charge in [0.15, 0.2) is 23.7 Å². The van der Waals surface area contributed by atoms with Gasteiger partial charge in [-0.25, -0.2) is 0 Å². The van der Waals surface area contributed by atoms with Crippen molar-refractivity contribution in [3.8, 4) is 6.07 Å². The number of nitriles is 1. The van der Waals surface area contributed by atoms with E-state index in [1.54, 1.807) is 36.4 Å². The number of primary amides is 1. The fourth-order valence-corrected chi connectivity index (χ4v) is 4.64. The molecule has 1 aliphatic heterocycles. The summed E-state index contributed by atoms with van der Waals surface area (Å²) < 4.78 is 27.2. The number of hydrogen-bond acceptors (Lipinski definition) is 13. The number of ether oxygens (including phenoxy) is 5. The highest BCUT2D eigenvalue weighted by atomic mass is 32.2. The fourth-order valence-electron chi connectivity index (χ4n) is 3.42. The number of nitrogens with one attached hydrogen (secondary N) is 1. The number of amides is 1. The summed E-state index contributed by atoms with van der Waals surface area (Å²) in [5.41, 5.74) is 4.16. The number of carbonyl (C=O) groups is 5. The van der Waals surface area contributed by atoms with Gasteiger partial charge in [-0.2, -0.15) is 5.26 Å². The minimum absolute atomic E-state index is 0.0629. The first-order valence-electron chi connectivity index (χ1n) is 11.2. The maximum atomic E-state index is 12.1. The van der Waals surface area contributed by atoms with Gasteiger partial charge in [0, 0.05) is 33.4 Å². The fraction of sp³-hybridized carbons (Fsp3) is 0.417. The number of nitrogens with two attached hydrogens (primary N) is 1. The largest absolute Gasteiger partial charge is 0.463 e. The monoisotopic (exact) mass is 549 g/mol. The SMILES string of the molecule is CC(=O)OC[C@H]1O[C@H](S/C(Nc2ccccc2)=C(\C#N)C(N)=O)[C@H](OC(C)=O)[C@@H](OC(C)=O)[C@H]1OC(C)=O. The van der Waals surface area contributed by atoms with E-state index in [-0.39, 0.29) is 5.03 Å². The van der Waals surface area contributed by atoms with Gasteiger partial charge < -0.3 is 34.7 Å². The summed E-state index contributed by atoms with van der Waals surface area (Å²) in [5, 5.41) is 12.5. The molecule has 0 unspecified atom stereocenters. The van der Waals surface area contributed by atoms with E-state index in [0.717, 1.165) is 39.5 Å². The van der Waals surface area contributed by atoms with Crippen molar-refractivity contribution in [3.63, 3.8) is 0 Å². The molecule has 0 saturated carbocycles. The number of benzene rings is 1. The predicted octanol–water partition coefficient (Wildman–Crippen LogP) is 1.14. The lowest BCUT2D eigenvalue weighted by atomic mass is 9.99. The normalized spacial score (nSPS) is 23.1. The number of hydrogen-bond donors (Lipinski definition) is 2. The van der Waals surface area contributed by atoms with Gasteiger partial charge in [0.1, 0.15) is 24.4 Å². The van der Waals surface area contributed by atoms with Crippen LogP contribution in [0, 0.1) is 11.3 Å². The number of nitrogens with zero attached hydrogens (tertiary/aromatic N) is 1. The van der Waals surface area contributed by atoms with Gasteiger partial charge in [0.2, 0.25) is 0 Å². The molecule has 0 aliphatic carbocycles. The van der Waals surface area contributed by atoms with Crippen LogP contribution in [0.1, 0.15) is 27.7 Å². The molecule has 2 rings (SSSR count). The van der Waals surface area contributed by atoms with Crippen LogP contribution < -0.4 is 11.1 Å². The van der Waals surface area contributed by atoms with E-state index < -0.39 is 71.8 Å². The smallest absolute Gasteiger partial charge is 0.303 e. The lowest BCUT2D eigenvalue weighted by Gasteiger charge is -2.44. The molecule has 14 heteroatoms. The molecule has 0 radical (unpaired) electrons. The van der Waals surface area contributed by atoms with E-state index in [1.807, 2.05) is 0 Å². The Morgan fingerprint density at radius 1 is 0.921 bits per heavy atom. The average Bonchev–Trinajstić information content (AvgIpc) is 2.81. The first kappa shape index (κ1) is 30.1. The maximum Gasteiger partial charge on any atom is 0.303 e.